The second-order valence-corrected chi connectivity index (χ2v) is 11.9. The molecule has 0 saturated carbocycles. The van der Waals surface area contributed by atoms with E-state index in [1.54, 1.807) is 18.2 Å². The van der Waals surface area contributed by atoms with Crippen molar-refractivity contribution >= 4 is 92.1 Å². The third-order valence-electron chi connectivity index (χ3n) is 5.93. The van der Waals surface area contributed by atoms with Gasteiger partial charge in [0.25, 0.3) is 0 Å². The second kappa shape index (κ2) is 8.04. The van der Waals surface area contributed by atoms with Gasteiger partial charge >= 0.3 is 217 Å². The summed E-state index contributed by atoms with van der Waals surface area (Å²) < 4.78 is 92.7. The first kappa shape index (κ1) is 23.9. The Morgan fingerprint density at radius 1 is 0.605 bits per heavy atom. The minimum atomic E-state index is -1.77. The number of nitrogens with zero attached hydrogens (tertiary/aromatic N) is 6. The molecular weight excluding hydrogens is 644 g/mol. The van der Waals surface area contributed by atoms with Gasteiger partial charge in [0.05, 0.1) is 0 Å². The van der Waals surface area contributed by atoms with Crippen molar-refractivity contribution in [2.75, 3.05) is 0 Å². The zero-order valence-electron chi connectivity index (χ0n) is 17.8. The molecule has 6 rings (SSSR count). The predicted octanol–water partition coefficient (Wildman–Crippen LogP) is 3.38. The summed E-state index contributed by atoms with van der Waals surface area (Å²) >= 11 is -2.42. The summed E-state index contributed by atoms with van der Waals surface area (Å²) in [5, 5.41) is 22.7. The number of rotatable bonds is 0. The van der Waals surface area contributed by atoms with E-state index < -0.39 is 119 Å². The molecule has 0 aliphatic rings. The Kier molecular flexibility index (Phi) is 5.06. The molecule has 0 atom stereocenters. The molecule has 6 aromatic rings. The first-order valence-corrected chi connectivity index (χ1v) is 13.4. The van der Waals surface area contributed by atoms with E-state index in [1.807, 2.05) is 0 Å². The van der Waals surface area contributed by atoms with Crippen LogP contribution in [0.3, 0.4) is 0 Å². The summed E-state index contributed by atoms with van der Waals surface area (Å²) in [5.74, 6) is -9.80. The van der Waals surface area contributed by atoms with Crippen LogP contribution >= 0.6 is 0 Å². The minimum absolute atomic E-state index is 0.218. The molecule has 38 heavy (non-hydrogen) atoms. The number of aromatic nitrogens is 2. The van der Waals surface area contributed by atoms with Crippen LogP contribution in [0.15, 0.2) is 0 Å². The van der Waals surface area contributed by atoms with E-state index in [9.17, 15) is 15.8 Å². The average Bonchev–Trinajstić information content (AvgIpc) is 3.53. The zero-order chi connectivity index (χ0) is 27.2. The van der Waals surface area contributed by atoms with Crippen molar-refractivity contribution in [3.05, 3.63) is 54.8 Å². The van der Waals surface area contributed by atoms with Gasteiger partial charge in [0, 0.05) is 0 Å². The fraction of sp³-hybridized carbons (Fsp3) is 0. The van der Waals surface area contributed by atoms with Gasteiger partial charge in [-0.05, 0) is 0 Å². The number of fused-ring (bicyclic) bond motifs is 4. The molecule has 0 spiro atoms. The van der Waals surface area contributed by atoms with E-state index in [0.717, 1.165) is 0 Å². The van der Waals surface area contributed by atoms with Gasteiger partial charge in [0.1, 0.15) is 0 Å². The molecule has 0 bridgehead atoms. The molecule has 14 heteroatoms. The SMILES string of the molecule is [C-]#[N+]/C(C#N)=c1\nc2c(F)c3c(F)c(F)c4c5[se]c(=C(C#N)C#N)nc5c(F)c5c(F)c(F)c(c2[se]1)c3c54. The van der Waals surface area contributed by atoms with Crippen molar-refractivity contribution in [2.45, 2.75) is 0 Å². The molecule has 6 nitrogen and oxygen atoms in total. The standard InChI is InChI=1S/C24F6N6Se2/c1-34-6(4-33)24-36-20-18(30)10-8-7-9(13(25)16(28)12(8)22(20)38-24)17(29)19-21(11(7)15(27)14(10)26)37-23(35-19)5(2-31)3-32/b24-6+. The van der Waals surface area contributed by atoms with Gasteiger partial charge in [0.15, 0.2) is 0 Å². The molecule has 4 aromatic carbocycles. The van der Waals surface area contributed by atoms with E-state index in [1.165, 1.54) is 0 Å². The van der Waals surface area contributed by atoms with E-state index >= 15 is 26.3 Å². The van der Waals surface area contributed by atoms with Gasteiger partial charge in [-0.15, -0.1) is 0 Å². The molecule has 2 aromatic heterocycles. The Morgan fingerprint density at radius 2 is 1.03 bits per heavy atom. The molecule has 0 aliphatic heterocycles. The first-order valence-electron chi connectivity index (χ1n) is 9.96. The number of nitriles is 3. The third-order valence-corrected chi connectivity index (χ3v) is 10.5. The number of halogens is 6. The summed E-state index contributed by atoms with van der Waals surface area (Å²) in [7, 11) is 0. The van der Waals surface area contributed by atoms with Crippen LogP contribution in [0.25, 0.3) is 68.0 Å². The van der Waals surface area contributed by atoms with Crippen molar-refractivity contribution in [1.29, 1.82) is 15.8 Å². The van der Waals surface area contributed by atoms with Crippen LogP contribution in [0.1, 0.15) is 0 Å². The van der Waals surface area contributed by atoms with Crippen LogP contribution in [0.4, 0.5) is 26.3 Å². The summed E-state index contributed by atoms with van der Waals surface area (Å²) in [6.45, 7) is 7.10. The predicted molar refractivity (Wildman–Crippen MR) is 124 cm³/mol. The second-order valence-electron chi connectivity index (χ2n) is 7.70. The van der Waals surface area contributed by atoms with E-state index in [-0.39, 0.29) is 17.0 Å². The Bertz CT molecular complexity index is 2210. The van der Waals surface area contributed by atoms with Crippen LogP contribution in [-0.2, 0) is 0 Å². The summed E-state index contributed by atoms with van der Waals surface area (Å²) in [6, 6.07) is 4.70. The van der Waals surface area contributed by atoms with Gasteiger partial charge in [0.2, 0.25) is 0 Å². The monoisotopic (exact) mass is 646 g/mol. The van der Waals surface area contributed by atoms with Crippen LogP contribution in [0.2, 0.25) is 0 Å². The number of benzene rings is 4. The summed E-state index contributed by atoms with van der Waals surface area (Å²) in [4.78, 5) is 10.7. The van der Waals surface area contributed by atoms with Gasteiger partial charge in [-0.25, -0.2) is 0 Å². The number of hydrogen-bond acceptors (Lipinski definition) is 5. The molecule has 0 fully saturated rings. The van der Waals surface area contributed by atoms with Gasteiger partial charge in [-0.3, -0.25) is 0 Å². The molecule has 2 heterocycles. The zero-order valence-corrected chi connectivity index (χ0v) is 21.2. The van der Waals surface area contributed by atoms with Gasteiger partial charge in [-0.2, -0.15) is 0 Å². The van der Waals surface area contributed by atoms with Crippen molar-refractivity contribution in [3.8, 4) is 18.2 Å². The summed E-state index contributed by atoms with van der Waals surface area (Å²) in [6.07, 6.45) is 0. The molecule has 0 saturated heterocycles. The van der Waals surface area contributed by atoms with Crippen molar-refractivity contribution in [3.63, 3.8) is 0 Å². The topological polar surface area (TPSA) is 102 Å². The molecule has 0 N–H and O–H groups in total. The molecular formula is C24F6N6Se2. The van der Waals surface area contributed by atoms with E-state index in [4.69, 9.17) is 6.57 Å². The average molecular weight is 644 g/mol. The van der Waals surface area contributed by atoms with Crippen molar-refractivity contribution in [1.82, 2.24) is 9.97 Å². The maximum atomic E-state index is 15.7. The van der Waals surface area contributed by atoms with Crippen LogP contribution in [-0.4, -0.2) is 39.0 Å². The van der Waals surface area contributed by atoms with Crippen LogP contribution < -0.4 is 8.45 Å². The molecule has 0 aliphatic carbocycles. The maximum absolute atomic E-state index is 15.7. The van der Waals surface area contributed by atoms with Gasteiger partial charge < -0.3 is 0 Å². The van der Waals surface area contributed by atoms with Gasteiger partial charge in [-0.1, -0.05) is 0 Å². The quantitative estimate of drug-likeness (QED) is 0.109. The molecule has 180 valence electrons. The van der Waals surface area contributed by atoms with Crippen LogP contribution in [0.5, 0.6) is 0 Å². The van der Waals surface area contributed by atoms with E-state index in [2.05, 4.69) is 14.8 Å². The number of hydrogen-bond donors (Lipinski definition) is 0. The Labute approximate surface area is 216 Å². The van der Waals surface area contributed by atoms with Crippen molar-refractivity contribution < 1.29 is 26.3 Å². The molecule has 0 amide bonds. The fourth-order valence-corrected chi connectivity index (χ4v) is 8.82. The fourth-order valence-electron chi connectivity index (χ4n) is 4.43. The van der Waals surface area contributed by atoms with E-state index in [0.29, 0.717) is 0 Å². The first-order chi connectivity index (χ1) is 18.2. The molecule has 0 radical (unpaired) electrons. The Morgan fingerprint density at radius 3 is 1.45 bits per heavy atom. The summed E-state index contributed by atoms with van der Waals surface area (Å²) in [5.41, 5.74) is -2.39. The Hall–Kier alpha value is -4.42. The third kappa shape index (κ3) is 2.75. The normalized spacial score (nSPS) is 12.3. The molecule has 0 unspecified atom stereocenters. The van der Waals surface area contributed by atoms with Crippen molar-refractivity contribution in [2.24, 2.45) is 0 Å². The Balaban J connectivity index is 2.06. The van der Waals surface area contributed by atoms with Crippen LogP contribution in [0, 0.1) is 75.5 Å².